The summed E-state index contributed by atoms with van der Waals surface area (Å²) in [5.41, 5.74) is 5.74. The van der Waals surface area contributed by atoms with Crippen molar-refractivity contribution in [1.82, 2.24) is 4.90 Å². The molecular formula is C39H42ClNO5. The van der Waals surface area contributed by atoms with E-state index in [9.17, 15) is 9.59 Å². The van der Waals surface area contributed by atoms with E-state index in [2.05, 4.69) is 32.6 Å². The van der Waals surface area contributed by atoms with Gasteiger partial charge in [-0.2, -0.15) is 0 Å². The van der Waals surface area contributed by atoms with Crippen LogP contribution < -0.4 is 14.2 Å². The first-order chi connectivity index (χ1) is 21.9. The summed E-state index contributed by atoms with van der Waals surface area (Å²) in [5, 5.41) is 0.527. The van der Waals surface area contributed by atoms with E-state index in [-0.39, 0.29) is 29.0 Å². The van der Waals surface area contributed by atoms with E-state index < -0.39 is 5.92 Å². The maximum absolute atomic E-state index is 14.0. The molecule has 0 saturated carbocycles. The number of nitrogens with zero attached hydrogens (tertiary/aromatic N) is 1. The van der Waals surface area contributed by atoms with E-state index in [1.165, 1.54) is 0 Å². The molecule has 1 heterocycles. The van der Waals surface area contributed by atoms with Crippen LogP contribution in [0.1, 0.15) is 76.0 Å². The molecule has 240 valence electrons. The van der Waals surface area contributed by atoms with Crippen LogP contribution in [0.25, 0.3) is 0 Å². The fraction of sp³-hybridized carbons (Fsp3) is 0.385. The number of ketones is 2. The Balaban J connectivity index is 1.35. The normalized spacial score (nSPS) is 19.2. The maximum atomic E-state index is 14.0. The minimum Gasteiger partial charge on any atom is -0.493 e. The number of benzene rings is 3. The second-order valence-electron chi connectivity index (χ2n) is 14.3. The minimum absolute atomic E-state index is 0.0778. The molecule has 2 aliphatic carbocycles. The van der Waals surface area contributed by atoms with Crippen LogP contribution in [0.15, 0.2) is 89.3 Å². The smallest absolute Gasteiger partial charge is 0.162 e. The van der Waals surface area contributed by atoms with E-state index in [0.717, 1.165) is 40.9 Å². The molecule has 0 saturated heterocycles. The van der Waals surface area contributed by atoms with Crippen molar-refractivity contribution in [3.8, 4) is 17.2 Å². The van der Waals surface area contributed by atoms with Gasteiger partial charge in [-0.3, -0.25) is 9.59 Å². The van der Waals surface area contributed by atoms with Crippen LogP contribution in [-0.2, 0) is 22.8 Å². The Morgan fingerprint density at radius 1 is 0.717 bits per heavy atom. The van der Waals surface area contributed by atoms with Crippen molar-refractivity contribution in [2.45, 2.75) is 72.5 Å². The molecule has 0 N–H and O–H groups in total. The first kappa shape index (κ1) is 31.9. The lowest BCUT2D eigenvalue weighted by Crippen LogP contribution is -2.43. The quantitative estimate of drug-likeness (QED) is 0.245. The van der Waals surface area contributed by atoms with Gasteiger partial charge in [-0.1, -0.05) is 75.7 Å². The second kappa shape index (κ2) is 12.3. The van der Waals surface area contributed by atoms with Gasteiger partial charge in [-0.15, -0.1) is 0 Å². The summed E-state index contributed by atoms with van der Waals surface area (Å²) in [6.07, 6.45) is 2.35. The van der Waals surface area contributed by atoms with Crippen LogP contribution in [0.3, 0.4) is 0 Å². The molecule has 0 unspecified atom stereocenters. The fourth-order valence-electron chi connectivity index (χ4n) is 7.17. The van der Waals surface area contributed by atoms with Gasteiger partial charge >= 0.3 is 0 Å². The molecule has 0 fully saturated rings. The van der Waals surface area contributed by atoms with E-state index in [1.54, 1.807) is 13.2 Å². The minimum atomic E-state index is -0.537. The molecule has 0 spiro atoms. The molecule has 0 amide bonds. The van der Waals surface area contributed by atoms with Gasteiger partial charge in [0.25, 0.3) is 0 Å². The molecule has 0 atom stereocenters. The number of rotatable bonds is 8. The van der Waals surface area contributed by atoms with Gasteiger partial charge in [0.15, 0.2) is 23.1 Å². The third-order valence-corrected chi connectivity index (χ3v) is 9.56. The van der Waals surface area contributed by atoms with Crippen LogP contribution in [0.2, 0.25) is 5.02 Å². The SMILES string of the molecule is COc1cc(COc2ccc(Cl)cc2C2C3=C(CC(C)(C)CC3=O)N(C)C3=C2C(=O)CC(C)(C)C3)ccc1OCc1ccccc1. The predicted octanol–water partition coefficient (Wildman–Crippen LogP) is 8.82. The molecule has 46 heavy (non-hydrogen) atoms. The molecule has 0 aromatic heterocycles. The van der Waals surface area contributed by atoms with Crippen molar-refractivity contribution in [2.75, 3.05) is 14.2 Å². The summed E-state index contributed by atoms with van der Waals surface area (Å²) in [5.74, 6) is 1.47. The van der Waals surface area contributed by atoms with Crippen molar-refractivity contribution in [3.63, 3.8) is 0 Å². The number of carbonyl (C=O) groups is 2. The zero-order valence-corrected chi connectivity index (χ0v) is 28.3. The number of methoxy groups -OCH3 is 1. The Hall–Kier alpha value is -4.03. The Kier molecular flexibility index (Phi) is 8.53. The molecule has 3 aliphatic rings. The monoisotopic (exact) mass is 639 g/mol. The van der Waals surface area contributed by atoms with Crippen LogP contribution in [0, 0.1) is 10.8 Å². The molecule has 3 aromatic carbocycles. The standard InChI is InChI=1S/C39H42ClNO5/c1-38(2)18-28-36(30(42)20-38)35(37-29(41(28)5)19-39(3,4)21-31(37)43)27-17-26(40)13-15-32(27)45-23-25-12-14-33(34(16-25)44-6)46-22-24-10-8-7-9-11-24/h7-17,35H,18-23H2,1-6H3. The van der Waals surface area contributed by atoms with Crippen LogP contribution in [-0.4, -0.2) is 30.6 Å². The summed E-state index contributed by atoms with van der Waals surface area (Å²) in [4.78, 5) is 30.1. The molecule has 7 heteroatoms. The van der Waals surface area contributed by atoms with Crippen LogP contribution in [0.5, 0.6) is 17.2 Å². The number of hydrogen-bond acceptors (Lipinski definition) is 6. The first-order valence-electron chi connectivity index (χ1n) is 15.9. The molecular weight excluding hydrogens is 598 g/mol. The van der Waals surface area contributed by atoms with Crippen molar-refractivity contribution in [1.29, 1.82) is 0 Å². The van der Waals surface area contributed by atoms with Gasteiger partial charge in [0, 0.05) is 58.9 Å². The average molecular weight is 640 g/mol. The third kappa shape index (κ3) is 6.32. The van der Waals surface area contributed by atoms with E-state index in [0.29, 0.717) is 52.9 Å². The summed E-state index contributed by atoms with van der Waals surface area (Å²) >= 11 is 6.63. The second-order valence-corrected chi connectivity index (χ2v) is 14.8. The van der Waals surface area contributed by atoms with Gasteiger partial charge in [-0.05, 0) is 65.1 Å². The van der Waals surface area contributed by atoms with Gasteiger partial charge in [0.05, 0.1) is 7.11 Å². The van der Waals surface area contributed by atoms with Crippen molar-refractivity contribution >= 4 is 23.2 Å². The number of ether oxygens (including phenoxy) is 3. The van der Waals surface area contributed by atoms with Crippen molar-refractivity contribution in [2.24, 2.45) is 10.8 Å². The highest BCUT2D eigenvalue weighted by molar-refractivity contribution is 6.30. The molecule has 3 aromatic rings. The Morgan fingerprint density at radius 3 is 1.89 bits per heavy atom. The Bertz CT molecular complexity index is 1700. The number of Topliss-reactive ketones (excluding diaryl/α,β-unsaturated/α-hetero) is 2. The zero-order valence-electron chi connectivity index (χ0n) is 27.5. The predicted molar refractivity (Wildman–Crippen MR) is 180 cm³/mol. The topological polar surface area (TPSA) is 65.1 Å². The third-order valence-electron chi connectivity index (χ3n) is 9.32. The molecule has 0 radical (unpaired) electrons. The van der Waals surface area contributed by atoms with E-state index in [1.807, 2.05) is 67.7 Å². The summed E-state index contributed by atoms with van der Waals surface area (Å²) in [6.45, 7) is 9.22. The maximum Gasteiger partial charge on any atom is 0.162 e. The lowest BCUT2D eigenvalue weighted by molar-refractivity contribution is -0.119. The van der Waals surface area contributed by atoms with Crippen LogP contribution >= 0.6 is 11.6 Å². The number of allylic oxidation sites excluding steroid dienone is 4. The molecule has 6 nitrogen and oxygen atoms in total. The lowest BCUT2D eigenvalue weighted by atomic mass is 9.63. The van der Waals surface area contributed by atoms with E-state index in [4.69, 9.17) is 25.8 Å². The van der Waals surface area contributed by atoms with Crippen molar-refractivity contribution in [3.05, 3.63) is 111 Å². The zero-order chi connectivity index (χ0) is 32.8. The van der Waals surface area contributed by atoms with Crippen LogP contribution in [0.4, 0.5) is 0 Å². The average Bonchev–Trinajstić information content (AvgIpc) is 3.00. The molecule has 0 bridgehead atoms. The number of halogens is 1. The Morgan fingerprint density at radius 2 is 1.28 bits per heavy atom. The summed E-state index contributed by atoms with van der Waals surface area (Å²) in [6, 6.07) is 21.2. The number of hydrogen-bond donors (Lipinski definition) is 0. The van der Waals surface area contributed by atoms with E-state index >= 15 is 0 Å². The highest BCUT2D eigenvalue weighted by Crippen LogP contribution is 2.55. The van der Waals surface area contributed by atoms with Gasteiger partial charge in [0.2, 0.25) is 0 Å². The van der Waals surface area contributed by atoms with Gasteiger partial charge < -0.3 is 19.1 Å². The Labute approximate surface area is 277 Å². The summed E-state index contributed by atoms with van der Waals surface area (Å²) < 4.78 is 18.2. The fourth-order valence-corrected chi connectivity index (χ4v) is 7.35. The number of carbonyl (C=O) groups excluding carboxylic acids is 2. The summed E-state index contributed by atoms with van der Waals surface area (Å²) in [7, 11) is 3.63. The molecule has 6 rings (SSSR count). The first-order valence-corrected chi connectivity index (χ1v) is 16.3. The largest absolute Gasteiger partial charge is 0.493 e. The highest BCUT2D eigenvalue weighted by Gasteiger charge is 2.48. The lowest BCUT2D eigenvalue weighted by Gasteiger charge is -2.48. The van der Waals surface area contributed by atoms with Gasteiger partial charge in [0.1, 0.15) is 19.0 Å². The van der Waals surface area contributed by atoms with Gasteiger partial charge in [-0.25, -0.2) is 0 Å². The highest BCUT2D eigenvalue weighted by atomic mass is 35.5. The molecule has 1 aliphatic heterocycles. The van der Waals surface area contributed by atoms with Crippen molar-refractivity contribution < 1.29 is 23.8 Å².